The number of amidine groups is 1. The third kappa shape index (κ3) is 10.0. The van der Waals surface area contributed by atoms with E-state index in [2.05, 4.69) is 56.6 Å². The highest BCUT2D eigenvalue weighted by Crippen LogP contribution is 2.20. The zero-order valence-electron chi connectivity index (χ0n) is 21.9. The fourth-order valence-corrected chi connectivity index (χ4v) is 4.06. The number of nitrogens with zero attached hydrogens (tertiary/aromatic N) is 2. The van der Waals surface area contributed by atoms with E-state index in [0.29, 0.717) is 38.3 Å². The van der Waals surface area contributed by atoms with E-state index in [9.17, 15) is 10.1 Å². The Labute approximate surface area is 224 Å². The molecular formula is C28H37N5O5. The van der Waals surface area contributed by atoms with Gasteiger partial charge < -0.3 is 15.9 Å². The first-order valence-corrected chi connectivity index (χ1v) is 12.7. The average molecular weight is 524 g/mol. The van der Waals surface area contributed by atoms with Crippen LogP contribution < -0.4 is 16.5 Å². The van der Waals surface area contributed by atoms with Crippen LogP contribution in [0.3, 0.4) is 0 Å². The van der Waals surface area contributed by atoms with E-state index in [-0.39, 0.29) is 24.4 Å². The van der Waals surface area contributed by atoms with Gasteiger partial charge in [0.1, 0.15) is 12.4 Å². The molecule has 1 aliphatic heterocycles. The molecule has 1 amide bonds. The Kier molecular flexibility index (Phi) is 11.9. The predicted octanol–water partition coefficient (Wildman–Crippen LogP) is 3.26. The summed E-state index contributed by atoms with van der Waals surface area (Å²) in [5.41, 5.74) is 11.1. The minimum absolute atomic E-state index is 0.0276. The van der Waals surface area contributed by atoms with Crippen molar-refractivity contribution in [3.05, 3.63) is 65.7 Å². The van der Waals surface area contributed by atoms with Crippen LogP contribution in [0, 0.1) is 11.8 Å². The van der Waals surface area contributed by atoms with E-state index in [1.807, 2.05) is 42.5 Å². The Morgan fingerprint density at radius 2 is 1.95 bits per heavy atom. The number of anilines is 1. The van der Waals surface area contributed by atoms with Gasteiger partial charge in [-0.05, 0) is 37.1 Å². The molecule has 0 saturated carbocycles. The number of carbonyl (C=O) groups excluding carboxylic acids is 1. The summed E-state index contributed by atoms with van der Waals surface area (Å²) >= 11 is 0. The quantitative estimate of drug-likeness (QED) is 0.0532. The topological polar surface area (TPSA) is 131 Å². The number of nitrogens with two attached hydrogens (primary N) is 1. The van der Waals surface area contributed by atoms with E-state index in [1.165, 1.54) is 5.56 Å². The Balaban J connectivity index is 1.43. The smallest absolute Gasteiger partial charge is 0.223 e. The molecule has 2 aromatic carbocycles. The van der Waals surface area contributed by atoms with Crippen LogP contribution in [0.5, 0.6) is 0 Å². The second kappa shape index (κ2) is 15.6. The highest BCUT2D eigenvalue weighted by molar-refractivity contribution is 5.77. The zero-order valence-corrected chi connectivity index (χ0v) is 21.9. The van der Waals surface area contributed by atoms with Crippen molar-refractivity contribution < 1.29 is 24.6 Å². The van der Waals surface area contributed by atoms with Crippen LogP contribution in [0.1, 0.15) is 44.2 Å². The van der Waals surface area contributed by atoms with Crippen LogP contribution >= 0.6 is 0 Å². The van der Waals surface area contributed by atoms with Gasteiger partial charge in [-0.2, -0.15) is 0 Å². The summed E-state index contributed by atoms with van der Waals surface area (Å²) in [6, 6.07) is 17.6. The maximum atomic E-state index is 12.8. The van der Waals surface area contributed by atoms with Gasteiger partial charge in [0.2, 0.25) is 5.91 Å². The summed E-state index contributed by atoms with van der Waals surface area (Å²) in [4.78, 5) is 30.1. The second-order valence-corrected chi connectivity index (χ2v) is 9.15. The molecule has 0 radical (unpaired) electrons. The Bertz CT molecular complexity index is 1080. The molecule has 10 heteroatoms. The average Bonchev–Trinajstić information content (AvgIpc) is 2.91. The summed E-state index contributed by atoms with van der Waals surface area (Å²) in [7, 11) is 0. The number of hydrogen-bond donors (Lipinski definition) is 4. The minimum atomic E-state index is -0.868. The fraction of sp³-hybridized carbons (Fsp3) is 0.429. The number of rotatable bonds is 15. The molecule has 0 aliphatic carbocycles. The number of benzene rings is 2. The van der Waals surface area contributed by atoms with Gasteiger partial charge in [0.05, 0.1) is 18.3 Å². The molecule has 10 nitrogen and oxygen atoms in total. The van der Waals surface area contributed by atoms with Crippen molar-refractivity contribution in [2.45, 2.75) is 64.4 Å². The predicted molar refractivity (Wildman–Crippen MR) is 145 cm³/mol. The van der Waals surface area contributed by atoms with E-state index in [4.69, 9.17) is 15.4 Å². The Hall–Kier alpha value is -3.62. The monoisotopic (exact) mass is 523 g/mol. The van der Waals surface area contributed by atoms with Gasteiger partial charge in [-0.15, -0.1) is 0 Å². The summed E-state index contributed by atoms with van der Waals surface area (Å²) in [5.74, 6) is 6.56. The van der Waals surface area contributed by atoms with Gasteiger partial charge in [-0.3, -0.25) is 20.0 Å². The molecule has 3 rings (SSSR count). The zero-order chi connectivity index (χ0) is 27.2. The van der Waals surface area contributed by atoms with Gasteiger partial charge in [0, 0.05) is 38.3 Å². The molecule has 0 bridgehead atoms. The molecular weight excluding hydrogens is 486 g/mol. The van der Waals surface area contributed by atoms with E-state index >= 15 is 0 Å². The second-order valence-electron chi connectivity index (χ2n) is 9.15. The molecule has 0 saturated heterocycles. The van der Waals surface area contributed by atoms with Gasteiger partial charge in [-0.1, -0.05) is 59.5 Å². The first-order valence-electron chi connectivity index (χ1n) is 12.7. The highest BCUT2D eigenvalue weighted by atomic mass is 17.1. The summed E-state index contributed by atoms with van der Waals surface area (Å²) in [5, 5.41) is 15.8. The normalized spacial score (nSPS) is 18.2. The number of carbonyl (C=O) groups is 1. The summed E-state index contributed by atoms with van der Waals surface area (Å²) in [6.07, 6.45) is 0.950. The first-order chi connectivity index (χ1) is 18.4. The molecule has 3 atom stereocenters. The van der Waals surface area contributed by atoms with Crippen molar-refractivity contribution in [1.29, 1.82) is 0 Å². The minimum Gasteiger partial charge on any atom is -0.394 e. The first kappa shape index (κ1) is 28.9. The van der Waals surface area contributed by atoms with Crippen molar-refractivity contribution >= 4 is 17.4 Å². The van der Waals surface area contributed by atoms with Crippen molar-refractivity contribution in [2.24, 2.45) is 10.9 Å². The lowest BCUT2D eigenvalue weighted by Crippen LogP contribution is -2.46. The Morgan fingerprint density at radius 1 is 1.18 bits per heavy atom. The summed E-state index contributed by atoms with van der Waals surface area (Å²) < 4.78 is 0. The highest BCUT2D eigenvalue weighted by Gasteiger charge is 2.28. The SMILES string of the molecule is CC(N)=NOCCCONc1ccc(CC(NC(=O)CC2CC#CC(C)N2Cc2ccccc2)OO)cc1. The number of nitrogens with one attached hydrogen (secondary N) is 2. The number of hydrogen-bond acceptors (Lipinski definition) is 8. The van der Waals surface area contributed by atoms with Crippen molar-refractivity contribution in [2.75, 3.05) is 18.7 Å². The lowest BCUT2D eigenvalue weighted by atomic mass is 10.0. The Morgan fingerprint density at radius 3 is 2.66 bits per heavy atom. The van der Waals surface area contributed by atoms with Crippen molar-refractivity contribution in [3.8, 4) is 11.8 Å². The number of oxime groups is 1. The molecule has 0 aromatic heterocycles. The van der Waals surface area contributed by atoms with Crippen LogP contribution in [0.4, 0.5) is 5.69 Å². The number of amides is 1. The third-order valence-corrected chi connectivity index (χ3v) is 5.95. The van der Waals surface area contributed by atoms with Gasteiger partial charge >= 0.3 is 0 Å². The van der Waals surface area contributed by atoms with E-state index in [0.717, 1.165) is 17.8 Å². The van der Waals surface area contributed by atoms with E-state index in [1.54, 1.807) is 6.92 Å². The maximum Gasteiger partial charge on any atom is 0.223 e. The molecule has 5 N–H and O–H groups in total. The molecule has 1 heterocycles. The largest absolute Gasteiger partial charge is 0.394 e. The van der Waals surface area contributed by atoms with Crippen LogP contribution in [-0.4, -0.2) is 53.4 Å². The fourth-order valence-electron chi connectivity index (χ4n) is 4.06. The maximum absolute atomic E-state index is 12.8. The van der Waals surface area contributed by atoms with Crippen LogP contribution in [0.15, 0.2) is 59.8 Å². The van der Waals surface area contributed by atoms with Gasteiger partial charge in [0.15, 0.2) is 6.23 Å². The van der Waals surface area contributed by atoms with Crippen molar-refractivity contribution in [1.82, 2.24) is 10.2 Å². The lowest BCUT2D eigenvalue weighted by Gasteiger charge is -2.35. The van der Waals surface area contributed by atoms with Crippen LogP contribution in [0.25, 0.3) is 0 Å². The van der Waals surface area contributed by atoms with E-state index < -0.39 is 6.23 Å². The molecule has 0 spiro atoms. The molecule has 1 aliphatic rings. The van der Waals surface area contributed by atoms with Gasteiger partial charge in [0.25, 0.3) is 0 Å². The molecule has 204 valence electrons. The molecule has 0 fully saturated rings. The molecule has 38 heavy (non-hydrogen) atoms. The van der Waals surface area contributed by atoms with Crippen LogP contribution in [0.2, 0.25) is 0 Å². The molecule has 3 unspecified atom stereocenters. The third-order valence-electron chi connectivity index (χ3n) is 5.95. The van der Waals surface area contributed by atoms with Crippen molar-refractivity contribution in [3.63, 3.8) is 0 Å². The molecule has 2 aromatic rings. The lowest BCUT2D eigenvalue weighted by molar-refractivity contribution is -0.284. The van der Waals surface area contributed by atoms with Gasteiger partial charge in [-0.25, -0.2) is 10.1 Å². The summed E-state index contributed by atoms with van der Waals surface area (Å²) in [6.45, 7) is 5.26. The van der Waals surface area contributed by atoms with Crippen LogP contribution in [-0.2, 0) is 32.3 Å². The standard InChI is InChI=1S/C28H37N5O5/c1-21-8-6-11-26(33(21)20-24-9-4-3-5-10-24)19-27(34)30-28(38-35)18-23-12-14-25(15-13-23)32-37-17-7-16-36-31-22(2)29/h3-5,9-10,12-15,21,26,28,32,35H,7,11,16-20H2,1-2H3,(H2,29,31)(H,30,34).